The maximum absolute atomic E-state index is 13.4. The van der Waals surface area contributed by atoms with E-state index in [1.54, 1.807) is 0 Å². The highest BCUT2D eigenvalue weighted by atomic mass is 35.5. The van der Waals surface area contributed by atoms with Gasteiger partial charge in [-0.2, -0.15) is 0 Å². The van der Waals surface area contributed by atoms with Gasteiger partial charge in [-0.1, -0.05) is 23.7 Å². The minimum Gasteiger partial charge on any atom is -0.484 e. The van der Waals surface area contributed by atoms with Crippen molar-refractivity contribution in [1.82, 2.24) is 0 Å². The van der Waals surface area contributed by atoms with Crippen LogP contribution in [0.2, 0.25) is 5.02 Å². The molecule has 20 heavy (non-hydrogen) atoms. The number of hydrogen-bond donors (Lipinski definition) is 1. The molecule has 2 aromatic carbocycles. The minimum atomic E-state index is -1.35. The lowest BCUT2D eigenvalue weighted by atomic mass is 10.1. The molecule has 0 saturated heterocycles. The number of benzene rings is 2. The van der Waals surface area contributed by atoms with Crippen molar-refractivity contribution in [3.63, 3.8) is 0 Å². The summed E-state index contributed by atoms with van der Waals surface area (Å²) in [5.74, 6) is -2.98. The molecule has 104 valence electrons. The average Bonchev–Trinajstić information content (AvgIpc) is 2.37. The van der Waals surface area contributed by atoms with Crippen LogP contribution < -0.4 is 4.74 Å². The molecule has 0 radical (unpaired) electrons. The third-order valence-corrected chi connectivity index (χ3v) is 2.86. The highest BCUT2D eigenvalue weighted by Gasteiger charge is 2.12. The van der Waals surface area contributed by atoms with Gasteiger partial charge in [0.05, 0.1) is 10.6 Å². The van der Waals surface area contributed by atoms with Gasteiger partial charge in [0.15, 0.2) is 11.6 Å². The van der Waals surface area contributed by atoms with Gasteiger partial charge in [-0.05, 0) is 29.8 Å². The number of rotatable bonds is 4. The third-order valence-electron chi connectivity index (χ3n) is 2.57. The SMILES string of the molecule is O=C(O)c1ccc(COc2c(F)cccc2Cl)cc1F. The molecule has 0 heterocycles. The summed E-state index contributed by atoms with van der Waals surface area (Å²) in [6.07, 6.45) is 0. The molecular formula is C14H9ClF2O3. The van der Waals surface area contributed by atoms with Crippen molar-refractivity contribution in [2.75, 3.05) is 0 Å². The molecule has 0 unspecified atom stereocenters. The summed E-state index contributed by atoms with van der Waals surface area (Å²) in [6.45, 7) is -0.128. The topological polar surface area (TPSA) is 46.5 Å². The molecule has 0 aliphatic carbocycles. The van der Waals surface area contributed by atoms with E-state index in [0.29, 0.717) is 5.56 Å². The summed E-state index contributed by atoms with van der Waals surface area (Å²) in [5.41, 5.74) is -0.0653. The molecule has 2 rings (SSSR count). The van der Waals surface area contributed by atoms with Gasteiger partial charge < -0.3 is 9.84 Å². The largest absolute Gasteiger partial charge is 0.484 e. The van der Waals surface area contributed by atoms with E-state index in [9.17, 15) is 13.6 Å². The number of carbonyl (C=O) groups is 1. The fourth-order valence-corrected chi connectivity index (χ4v) is 1.82. The zero-order valence-corrected chi connectivity index (χ0v) is 10.8. The van der Waals surface area contributed by atoms with Crippen LogP contribution in [0, 0.1) is 11.6 Å². The van der Waals surface area contributed by atoms with Crippen LogP contribution in [0.15, 0.2) is 36.4 Å². The van der Waals surface area contributed by atoms with Crippen LogP contribution in [0.1, 0.15) is 15.9 Å². The number of ether oxygens (including phenoxy) is 1. The standard InChI is InChI=1S/C14H9ClF2O3/c15-10-2-1-3-11(16)13(10)20-7-8-4-5-9(14(18)19)12(17)6-8/h1-6H,7H2,(H,18,19). The quantitative estimate of drug-likeness (QED) is 0.931. The second kappa shape index (κ2) is 5.88. The van der Waals surface area contributed by atoms with E-state index >= 15 is 0 Å². The van der Waals surface area contributed by atoms with Crippen molar-refractivity contribution in [1.29, 1.82) is 0 Å². The molecule has 0 bridgehead atoms. The molecule has 0 spiro atoms. The van der Waals surface area contributed by atoms with Crippen LogP contribution in [-0.2, 0) is 6.61 Å². The Morgan fingerprint density at radius 1 is 1.20 bits per heavy atom. The van der Waals surface area contributed by atoms with Crippen molar-refractivity contribution < 1.29 is 23.4 Å². The Labute approximate surface area is 118 Å². The Hall–Kier alpha value is -2.14. The van der Waals surface area contributed by atoms with E-state index in [4.69, 9.17) is 21.4 Å². The minimum absolute atomic E-state index is 0.104. The number of carboxylic acid groups (broad SMARTS) is 1. The van der Waals surface area contributed by atoms with Gasteiger partial charge in [0, 0.05) is 0 Å². The molecule has 0 amide bonds. The van der Waals surface area contributed by atoms with Gasteiger partial charge in [-0.25, -0.2) is 13.6 Å². The number of halogens is 3. The molecule has 0 atom stereocenters. The van der Waals surface area contributed by atoms with E-state index in [2.05, 4.69) is 0 Å². The molecular weight excluding hydrogens is 290 g/mol. The molecule has 1 N–H and O–H groups in total. The Bertz CT molecular complexity index is 639. The molecule has 2 aromatic rings. The van der Waals surface area contributed by atoms with E-state index in [0.717, 1.165) is 12.1 Å². The fraction of sp³-hybridized carbons (Fsp3) is 0.0714. The summed E-state index contributed by atoms with van der Waals surface area (Å²) in [7, 11) is 0. The van der Waals surface area contributed by atoms with E-state index in [1.807, 2.05) is 0 Å². The van der Waals surface area contributed by atoms with Gasteiger partial charge in [-0.3, -0.25) is 0 Å². The first-order chi connectivity index (χ1) is 9.49. The Morgan fingerprint density at radius 3 is 2.55 bits per heavy atom. The van der Waals surface area contributed by atoms with Gasteiger partial charge >= 0.3 is 5.97 Å². The normalized spacial score (nSPS) is 10.3. The van der Waals surface area contributed by atoms with Crippen LogP contribution in [0.4, 0.5) is 8.78 Å². The highest BCUT2D eigenvalue weighted by molar-refractivity contribution is 6.32. The van der Waals surface area contributed by atoms with Crippen LogP contribution in [0.25, 0.3) is 0 Å². The Morgan fingerprint density at radius 2 is 1.95 bits per heavy atom. The van der Waals surface area contributed by atoms with Crippen molar-refractivity contribution in [3.8, 4) is 5.75 Å². The number of hydrogen-bond acceptors (Lipinski definition) is 2. The number of carboxylic acids is 1. The number of aromatic carboxylic acids is 1. The zero-order valence-electron chi connectivity index (χ0n) is 10.1. The molecule has 3 nitrogen and oxygen atoms in total. The number of para-hydroxylation sites is 1. The van der Waals surface area contributed by atoms with Crippen molar-refractivity contribution in [3.05, 3.63) is 64.2 Å². The molecule has 6 heteroatoms. The highest BCUT2D eigenvalue weighted by Crippen LogP contribution is 2.28. The predicted molar refractivity (Wildman–Crippen MR) is 69.1 cm³/mol. The maximum atomic E-state index is 13.4. The van der Waals surface area contributed by atoms with Crippen LogP contribution in [0.5, 0.6) is 5.75 Å². The first kappa shape index (κ1) is 14.3. The van der Waals surface area contributed by atoms with Crippen LogP contribution in [0.3, 0.4) is 0 Å². The lowest BCUT2D eigenvalue weighted by Crippen LogP contribution is -2.03. The summed E-state index contributed by atoms with van der Waals surface area (Å²) >= 11 is 5.78. The van der Waals surface area contributed by atoms with E-state index < -0.39 is 23.2 Å². The smallest absolute Gasteiger partial charge is 0.338 e. The Kier molecular flexibility index (Phi) is 4.20. The maximum Gasteiger partial charge on any atom is 0.338 e. The van der Waals surface area contributed by atoms with Gasteiger partial charge in [0.1, 0.15) is 12.4 Å². The summed E-state index contributed by atoms with van der Waals surface area (Å²) < 4.78 is 32.1. The molecule has 0 aliphatic rings. The van der Waals surface area contributed by atoms with E-state index in [1.165, 1.54) is 24.3 Å². The van der Waals surface area contributed by atoms with Crippen molar-refractivity contribution in [2.45, 2.75) is 6.61 Å². The van der Waals surface area contributed by atoms with Crippen LogP contribution >= 0.6 is 11.6 Å². The summed E-state index contributed by atoms with van der Waals surface area (Å²) in [6, 6.07) is 7.63. The first-order valence-electron chi connectivity index (χ1n) is 5.57. The average molecular weight is 299 g/mol. The molecule has 0 saturated carbocycles. The molecule has 0 fully saturated rings. The lowest BCUT2D eigenvalue weighted by Gasteiger charge is -2.09. The second-order valence-corrected chi connectivity index (χ2v) is 4.37. The fourth-order valence-electron chi connectivity index (χ4n) is 1.60. The third kappa shape index (κ3) is 3.05. The first-order valence-corrected chi connectivity index (χ1v) is 5.95. The summed E-state index contributed by atoms with van der Waals surface area (Å²) in [5, 5.41) is 8.80. The van der Waals surface area contributed by atoms with Crippen molar-refractivity contribution in [2.24, 2.45) is 0 Å². The molecule has 0 aliphatic heterocycles. The van der Waals surface area contributed by atoms with Gasteiger partial charge in [0.2, 0.25) is 0 Å². The monoisotopic (exact) mass is 298 g/mol. The predicted octanol–water partition coefficient (Wildman–Crippen LogP) is 3.90. The van der Waals surface area contributed by atoms with Gasteiger partial charge in [-0.15, -0.1) is 0 Å². The summed E-state index contributed by atoms with van der Waals surface area (Å²) in [4.78, 5) is 10.7. The second-order valence-electron chi connectivity index (χ2n) is 3.96. The van der Waals surface area contributed by atoms with Gasteiger partial charge in [0.25, 0.3) is 0 Å². The van der Waals surface area contributed by atoms with E-state index in [-0.39, 0.29) is 17.4 Å². The van der Waals surface area contributed by atoms with Crippen LogP contribution in [-0.4, -0.2) is 11.1 Å². The molecule has 0 aromatic heterocycles. The Balaban J connectivity index is 2.16. The zero-order chi connectivity index (χ0) is 14.7. The lowest BCUT2D eigenvalue weighted by molar-refractivity contribution is 0.0692. The van der Waals surface area contributed by atoms with Crippen molar-refractivity contribution >= 4 is 17.6 Å².